The number of phenolic OH excluding ortho intramolecular Hbond substituents is 2. The molecule has 0 amide bonds. The number of phenols is 2. The lowest BCUT2D eigenvalue weighted by Crippen LogP contribution is -1.79. The number of aromatic hydroxyl groups is 2. The first-order chi connectivity index (χ1) is 16.5. The van der Waals surface area contributed by atoms with Gasteiger partial charge in [-0.3, -0.25) is 0 Å². The molecule has 0 aliphatic rings. The van der Waals surface area contributed by atoms with Crippen molar-refractivity contribution < 1.29 is 10.2 Å². The van der Waals surface area contributed by atoms with Crippen LogP contribution in [0.15, 0.2) is 105 Å². The Morgan fingerprint density at radius 2 is 0.882 bits per heavy atom. The minimum atomic E-state index is 0.203. The Labute approximate surface area is 198 Å². The van der Waals surface area contributed by atoms with E-state index in [-0.39, 0.29) is 11.5 Å². The Hall–Kier alpha value is -4.58. The Kier molecular flexibility index (Phi) is 6.89. The SMILES string of the molecule is Cc1cc(C=Cc2ccc(N=Nc3ccc(O)cc3)c(C)c2)ccc1N=Nc1ccc(O)cc1. The zero-order chi connectivity index (χ0) is 23.9. The molecule has 0 saturated heterocycles. The highest BCUT2D eigenvalue weighted by Crippen LogP contribution is 2.27. The molecule has 0 spiro atoms. The molecular weight excluding hydrogens is 424 g/mol. The van der Waals surface area contributed by atoms with E-state index in [1.54, 1.807) is 48.5 Å². The second-order valence-electron chi connectivity index (χ2n) is 7.86. The molecule has 4 aromatic rings. The number of rotatable bonds is 6. The van der Waals surface area contributed by atoms with E-state index >= 15 is 0 Å². The molecule has 0 heterocycles. The van der Waals surface area contributed by atoms with E-state index in [4.69, 9.17) is 0 Å². The summed E-state index contributed by atoms with van der Waals surface area (Å²) < 4.78 is 0. The number of hydrogen-bond donors (Lipinski definition) is 2. The fourth-order valence-electron chi connectivity index (χ4n) is 3.24. The van der Waals surface area contributed by atoms with Gasteiger partial charge in [-0.1, -0.05) is 24.3 Å². The van der Waals surface area contributed by atoms with Gasteiger partial charge in [-0.15, -0.1) is 0 Å². The number of nitrogens with zero attached hydrogens (tertiary/aromatic N) is 4. The summed E-state index contributed by atoms with van der Waals surface area (Å²) in [6.07, 6.45) is 4.11. The van der Waals surface area contributed by atoms with Crippen LogP contribution in [0.4, 0.5) is 22.7 Å². The second kappa shape index (κ2) is 10.4. The number of azo groups is 2. The Morgan fingerprint density at radius 1 is 0.500 bits per heavy atom. The van der Waals surface area contributed by atoms with Crippen LogP contribution in [0.5, 0.6) is 11.5 Å². The zero-order valence-electron chi connectivity index (χ0n) is 18.9. The molecule has 0 atom stereocenters. The van der Waals surface area contributed by atoms with Gasteiger partial charge >= 0.3 is 0 Å². The highest BCUT2D eigenvalue weighted by molar-refractivity contribution is 5.72. The van der Waals surface area contributed by atoms with Gasteiger partial charge in [0.05, 0.1) is 22.7 Å². The van der Waals surface area contributed by atoms with Crippen molar-refractivity contribution in [3.8, 4) is 11.5 Å². The summed E-state index contributed by atoms with van der Waals surface area (Å²) in [6, 6.07) is 25.2. The highest BCUT2D eigenvalue weighted by Gasteiger charge is 2.01. The second-order valence-corrected chi connectivity index (χ2v) is 7.86. The van der Waals surface area contributed by atoms with Gasteiger partial charge in [0.2, 0.25) is 0 Å². The van der Waals surface area contributed by atoms with Crippen LogP contribution in [0.25, 0.3) is 12.2 Å². The average molecular weight is 449 g/mol. The third kappa shape index (κ3) is 6.01. The van der Waals surface area contributed by atoms with Crippen LogP contribution in [-0.2, 0) is 0 Å². The third-order valence-corrected chi connectivity index (χ3v) is 5.16. The molecule has 0 aliphatic heterocycles. The van der Waals surface area contributed by atoms with Gasteiger partial charge in [0.25, 0.3) is 0 Å². The summed E-state index contributed by atoms with van der Waals surface area (Å²) in [5.74, 6) is 0.407. The number of aryl methyl sites for hydroxylation is 2. The number of hydrogen-bond acceptors (Lipinski definition) is 6. The molecule has 168 valence electrons. The quantitative estimate of drug-likeness (QED) is 0.228. The summed E-state index contributed by atoms with van der Waals surface area (Å²) in [6.45, 7) is 4.00. The number of benzene rings is 4. The topological polar surface area (TPSA) is 89.9 Å². The molecule has 0 fully saturated rings. The van der Waals surface area contributed by atoms with Gasteiger partial charge in [-0.2, -0.15) is 20.5 Å². The summed E-state index contributed by atoms with van der Waals surface area (Å²) in [5.41, 5.74) is 7.13. The summed E-state index contributed by atoms with van der Waals surface area (Å²) in [7, 11) is 0. The molecular formula is C28H24N4O2. The first-order valence-corrected chi connectivity index (χ1v) is 10.8. The van der Waals surface area contributed by atoms with E-state index in [9.17, 15) is 10.2 Å². The standard InChI is InChI=1S/C28H24N4O2/c1-19-17-21(5-15-27(19)31-29-23-7-11-25(33)12-8-23)3-4-22-6-16-28(20(2)18-22)32-30-24-9-13-26(34)14-10-24/h3-18,33-34H,1-2H3. The van der Waals surface area contributed by atoms with E-state index < -0.39 is 0 Å². The van der Waals surface area contributed by atoms with Crippen LogP contribution in [0.2, 0.25) is 0 Å². The Morgan fingerprint density at radius 3 is 1.24 bits per heavy atom. The predicted molar refractivity (Wildman–Crippen MR) is 136 cm³/mol. The fourth-order valence-corrected chi connectivity index (χ4v) is 3.24. The van der Waals surface area contributed by atoms with Gasteiger partial charge in [0.1, 0.15) is 11.5 Å². The van der Waals surface area contributed by atoms with E-state index in [0.717, 1.165) is 33.6 Å². The maximum atomic E-state index is 9.36. The van der Waals surface area contributed by atoms with Crippen molar-refractivity contribution in [2.75, 3.05) is 0 Å². The van der Waals surface area contributed by atoms with Crippen molar-refractivity contribution in [3.63, 3.8) is 0 Å². The molecule has 6 nitrogen and oxygen atoms in total. The van der Waals surface area contributed by atoms with Gasteiger partial charge in [-0.25, -0.2) is 0 Å². The van der Waals surface area contributed by atoms with E-state index in [2.05, 4.69) is 44.7 Å². The highest BCUT2D eigenvalue weighted by atomic mass is 16.3. The van der Waals surface area contributed by atoms with Gasteiger partial charge < -0.3 is 10.2 Å². The lowest BCUT2D eigenvalue weighted by atomic mass is 10.1. The first kappa shape index (κ1) is 22.6. The van der Waals surface area contributed by atoms with Crippen LogP contribution in [0.1, 0.15) is 22.3 Å². The van der Waals surface area contributed by atoms with Gasteiger partial charge in [-0.05, 0) is 109 Å². The Balaban J connectivity index is 1.43. The molecule has 0 radical (unpaired) electrons. The minimum Gasteiger partial charge on any atom is -0.508 e. The third-order valence-electron chi connectivity index (χ3n) is 5.16. The molecule has 0 saturated carbocycles. The molecule has 4 aromatic carbocycles. The minimum absolute atomic E-state index is 0.203. The van der Waals surface area contributed by atoms with Crippen LogP contribution < -0.4 is 0 Å². The van der Waals surface area contributed by atoms with Crippen molar-refractivity contribution >= 4 is 34.9 Å². The zero-order valence-corrected chi connectivity index (χ0v) is 18.9. The largest absolute Gasteiger partial charge is 0.508 e. The fraction of sp³-hybridized carbons (Fsp3) is 0.0714. The van der Waals surface area contributed by atoms with Crippen LogP contribution in [-0.4, -0.2) is 10.2 Å². The molecule has 0 unspecified atom stereocenters. The molecule has 0 bridgehead atoms. The van der Waals surface area contributed by atoms with E-state index in [1.807, 2.05) is 38.1 Å². The maximum absolute atomic E-state index is 9.36. The van der Waals surface area contributed by atoms with Crippen molar-refractivity contribution in [2.45, 2.75) is 13.8 Å². The molecule has 34 heavy (non-hydrogen) atoms. The summed E-state index contributed by atoms with van der Waals surface area (Å²) in [4.78, 5) is 0. The molecule has 0 aliphatic carbocycles. The van der Waals surface area contributed by atoms with Crippen LogP contribution in [0, 0.1) is 13.8 Å². The van der Waals surface area contributed by atoms with E-state index in [0.29, 0.717) is 11.4 Å². The lowest BCUT2D eigenvalue weighted by Gasteiger charge is -2.03. The molecule has 2 N–H and O–H groups in total. The van der Waals surface area contributed by atoms with Gasteiger partial charge in [0, 0.05) is 0 Å². The lowest BCUT2D eigenvalue weighted by molar-refractivity contribution is 0.475. The van der Waals surface area contributed by atoms with E-state index in [1.165, 1.54) is 0 Å². The normalized spacial score (nSPS) is 11.7. The maximum Gasteiger partial charge on any atom is 0.115 e. The van der Waals surface area contributed by atoms with Crippen molar-refractivity contribution in [2.24, 2.45) is 20.5 Å². The van der Waals surface area contributed by atoms with Crippen molar-refractivity contribution in [1.29, 1.82) is 0 Å². The Bertz CT molecular complexity index is 1270. The predicted octanol–water partition coefficient (Wildman–Crippen LogP) is 8.72. The van der Waals surface area contributed by atoms with Gasteiger partial charge in [0.15, 0.2) is 0 Å². The first-order valence-electron chi connectivity index (χ1n) is 10.8. The average Bonchev–Trinajstić information content (AvgIpc) is 2.83. The smallest absolute Gasteiger partial charge is 0.115 e. The molecule has 6 heteroatoms. The van der Waals surface area contributed by atoms with Crippen LogP contribution >= 0.6 is 0 Å². The van der Waals surface area contributed by atoms with Crippen LogP contribution in [0.3, 0.4) is 0 Å². The monoisotopic (exact) mass is 448 g/mol. The molecule has 0 aromatic heterocycles. The van der Waals surface area contributed by atoms with Crippen molar-refractivity contribution in [3.05, 3.63) is 107 Å². The van der Waals surface area contributed by atoms with Crippen molar-refractivity contribution in [1.82, 2.24) is 0 Å². The molecule has 4 rings (SSSR count). The summed E-state index contributed by atoms with van der Waals surface area (Å²) in [5, 5.41) is 35.8. The summed E-state index contributed by atoms with van der Waals surface area (Å²) >= 11 is 0.